The second-order valence-electron chi connectivity index (χ2n) is 17.5. The summed E-state index contributed by atoms with van der Waals surface area (Å²) in [5.74, 6) is 2.34. The van der Waals surface area contributed by atoms with Gasteiger partial charge in [0.1, 0.15) is 39.9 Å². The van der Waals surface area contributed by atoms with Crippen molar-refractivity contribution in [1.29, 1.82) is 0 Å². The second kappa shape index (κ2) is 14.7. The quantitative estimate of drug-likeness (QED) is 0.150. The molecule has 6 heteroatoms. The summed E-state index contributed by atoms with van der Waals surface area (Å²) in [7, 11) is 0. The van der Waals surface area contributed by atoms with Crippen LogP contribution in [0.1, 0.15) is 26.3 Å². The molecule has 0 atom stereocenters. The number of pyridine rings is 1. The summed E-state index contributed by atoms with van der Waals surface area (Å²) in [5, 5.41) is 4.47. The highest BCUT2D eigenvalue weighted by Gasteiger charge is 2.27. The Hall–Kier alpha value is -8.22. The van der Waals surface area contributed by atoms with Crippen LogP contribution in [0.4, 0.5) is 0 Å². The summed E-state index contributed by atoms with van der Waals surface area (Å²) in [6.07, 6.45) is 4.13. The van der Waals surface area contributed by atoms with Gasteiger partial charge in [0.15, 0.2) is 11.0 Å². The highest BCUT2D eigenvalue weighted by molar-refractivity contribution is 6.10. The summed E-state index contributed by atoms with van der Waals surface area (Å²) in [4.78, 5) is 4.89. The molecule has 12 rings (SSSR count). The molecule has 0 N–H and O–H groups in total. The summed E-state index contributed by atoms with van der Waals surface area (Å²) in [6.45, 7) is 6.71. The molecule has 0 aliphatic heterocycles. The highest BCUT2D eigenvalue weighted by atomic mass is 16.5. The van der Waals surface area contributed by atoms with E-state index >= 15 is 0 Å². The standard InChI is InChI=1S/C58H43N4O2/c1-58(2,3)40-30-31-59-56(32-40)62-50-26-12-10-22-46(50)47-29-28-43(34-51(47)62)63-42-21-14-20-41(33-42)60-37-61(52-35-49-48-23-11-13-27-54(48)64-55(49)36-53(52)60)57-44(38-16-6-4-7-17-38)24-15-25-45(57)39-18-8-5-9-19-39/h4-37H,1-3H3/q+1. The minimum absolute atomic E-state index is 0.0203. The maximum Gasteiger partial charge on any atom is 0.255 e. The first-order valence-electron chi connectivity index (χ1n) is 21.8. The lowest BCUT2D eigenvalue weighted by atomic mass is 9.88. The Kier molecular flexibility index (Phi) is 8.63. The number of rotatable bonds is 7. The molecule has 0 aliphatic carbocycles. The molecular formula is C58H43N4O2+. The van der Waals surface area contributed by atoms with Crippen LogP contribution in [0.25, 0.3) is 94.2 Å². The number of imidazole rings is 1. The fraction of sp³-hybridized carbons (Fsp3) is 0.0690. The summed E-state index contributed by atoms with van der Waals surface area (Å²) >= 11 is 0. The third-order valence-electron chi connectivity index (χ3n) is 12.5. The summed E-state index contributed by atoms with van der Waals surface area (Å²) in [6, 6.07) is 68.2. The van der Waals surface area contributed by atoms with Crippen LogP contribution in [0.2, 0.25) is 0 Å². The van der Waals surface area contributed by atoms with Crippen LogP contribution >= 0.6 is 0 Å². The summed E-state index contributed by atoms with van der Waals surface area (Å²) in [5.41, 5.74) is 13.7. The van der Waals surface area contributed by atoms with E-state index in [4.69, 9.17) is 14.1 Å². The van der Waals surface area contributed by atoms with Gasteiger partial charge in [0.05, 0.1) is 11.0 Å². The fourth-order valence-electron chi connectivity index (χ4n) is 9.36. The topological polar surface area (TPSA) is 49.0 Å². The van der Waals surface area contributed by atoms with Crippen molar-refractivity contribution < 1.29 is 13.7 Å². The van der Waals surface area contributed by atoms with E-state index in [-0.39, 0.29) is 5.41 Å². The van der Waals surface area contributed by atoms with Crippen molar-refractivity contribution in [2.24, 2.45) is 0 Å². The SMILES string of the molecule is CC(C)(C)c1ccnc(-n2c3ccccc3c3ccc(Oc4cccc(-n5c[n+](-c6c(-c7ccccc7)cccc6-c6ccccc6)c6cc7c(cc65)oc5ccccc57)c4)cc32)c1. The van der Waals surface area contributed by atoms with Gasteiger partial charge < -0.3 is 9.15 Å². The second-order valence-corrected chi connectivity index (χ2v) is 17.5. The monoisotopic (exact) mass is 827 g/mol. The van der Waals surface area contributed by atoms with Gasteiger partial charge in [-0.2, -0.15) is 9.13 Å². The Balaban J connectivity index is 1.03. The highest BCUT2D eigenvalue weighted by Crippen LogP contribution is 2.39. The average Bonchev–Trinajstić information content (AvgIpc) is 4.00. The lowest BCUT2D eigenvalue weighted by Gasteiger charge is -2.20. The van der Waals surface area contributed by atoms with Crippen LogP contribution in [-0.4, -0.2) is 14.1 Å². The molecule has 0 saturated carbocycles. The Labute approximate surface area is 370 Å². The Morgan fingerprint density at radius 3 is 1.95 bits per heavy atom. The van der Waals surface area contributed by atoms with Gasteiger partial charge in [0, 0.05) is 63.1 Å². The van der Waals surface area contributed by atoms with Crippen LogP contribution in [-0.2, 0) is 5.41 Å². The van der Waals surface area contributed by atoms with E-state index in [1.54, 1.807) is 0 Å². The zero-order valence-electron chi connectivity index (χ0n) is 35.7. The maximum atomic E-state index is 6.81. The molecule has 0 radical (unpaired) electrons. The average molecular weight is 828 g/mol. The van der Waals surface area contributed by atoms with E-state index in [1.165, 1.54) is 10.9 Å². The van der Waals surface area contributed by atoms with Crippen molar-refractivity contribution >= 4 is 54.8 Å². The van der Waals surface area contributed by atoms with Gasteiger partial charge in [0.25, 0.3) is 6.33 Å². The molecule has 0 saturated heterocycles. The zero-order valence-corrected chi connectivity index (χ0v) is 35.7. The first-order chi connectivity index (χ1) is 31.4. The van der Waals surface area contributed by atoms with Gasteiger partial charge in [-0.15, -0.1) is 0 Å². The first-order valence-corrected chi connectivity index (χ1v) is 21.8. The lowest BCUT2D eigenvalue weighted by Crippen LogP contribution is -2.31. The molecule has 4 heterocycles. The van der Waals surface area contributed by atoms with Crippen molar-refractivity contribution in [1.82, 2.24) is 14.1 Å². The van der Waals surface area contributed by atoms with Crippen molar-refractivity contribution in [3.63, 3.8) is 0 Å². The van der Waals surface area contributed by atoms with Crippen LogP contribution in [0.5, 0.6) is 11.5 Å². The summed E-state index contributed by atoms with van der Waals surface area (Å²) < 4.78 is 20.2. The number of furan rings is 1. The minimum Gasteiger partial charge on any atom is -0.457 e. The molecule has 0 aliphatic rings. The zero-order chi connectivity index (χ0) is 42.9. The van der Waals surface area contributed by atoms with Crippen LogP contribution in [0, 0.1) is 0 Å². The van der Waals surface area contributed by atoms with Gasteiger partial charge in [-0.05, 0) is 70.6 Å². The molecule has 6 nitrogen and oxygen atoms in total. The number of para-hydroxylation sites is 3. The Morgan fingerprint density at radius 2 is 1.19 bits per heavy atom. The number of hydrogen-bond acceptors (Lipinski definition) is 3. The molecule has 8 aromatic carbocycles. The fourth-order valence-corrected chi connectivity index (χ4v) is 9.36. The molecule has 0 bridgehead atoms. The lowest BCUT2D eigenvalue weighted by molar-refractivity contribution is -0.566. The van der Waals surface area contributed by atoms with Crippen LogP contribution < -0.4 is 9.30 Å². The molecule has 0 unspecified atom stereocenters. The van der Waals surface area contributed by atoms with Gasteiger partial charge in [-0.25, -0.2) is 4.98 Å². The molecule has 0 fully saturated rings. The third-order valence-corrected chi connectivity index (χ3v) is 12.5. The normalized spacial score (nSPS) is 12.0. The number of hydrogen-bond donors (Lipinski definition) is 0. The predicted octanol–water partition coefficient (Wildman–Crippen LogP) is 14.7. The molecule has 0 spiro atoms. The number of fused-ring (bicyclic) bond motifs is 7. The number of aromatic nitrogens is 4. The minimum atomic E-state index is -0.0203. The molecule has 0 amide bonds. The van der Waals surface area contributed by atoms with E-state index in [2.05, 4.69) is 217 Å². The largest absolute Gasteiger partial charge is 0.457 e. The molecular weight excluding hydrogens is 785 g/mol. The maximum absolute atomic E-state index is 6.81. The van der Waals surface area contributed by atoms with E-state index in [0.717, 1.165) is 100 Å². The molecule has 64 heavy (non-hydrogen) atoms. The van der Waals surface area contributed by atoms with Crippen molar-refractivity contribution in [3.8, 4) is 50.9 Å². The van der Waals surface area contributed by atoms with Gasteiger partial charge in [-0.3, -0.25) is 4.57 Å². The van der Waals surface area contributed by atoms with E-state index in [1.807, 2.05) is 24.4 Å². The third kappa shape index (κ3) is 6.25. The van der Waals surface area contributed by atoms with Crippen LogP contribution in [0.15, 0.2) is 211 Å². The van der Waals surface area contributed by atoms with Crippen molar-refractivity contribution in [2.75, 3.05) is 0 Å². The predicted molar refractivity (Wildman–Crippen MR) is 260 cm³/mol. The van der Waals surface area contributed by atoms with Crippen LogP contribution in [0.3, 0.4) is 0 Å². The van der Waals surface area contributed by atoms with Gasteiger partial charge >= 0.3 is 0 Å². The van der Waals surface area contributed by atoms with E-state index in [9.17, 15) is 0 Å². The number of benzene rings is 8. The van der Waals surface area contributed by atoms with Gasteiger partial charge in [-0.1, -0.05) is 142 Å². The Bertz CT molecular complexity index is 3680. The first kappa shape index (κ1) is 37.5. The molecule has 306 valence electrons. The number of nitrogens with zero attached hydrogens (tertiary/aromatic N) is 4. The van der Waals surface area contributed by atoms with E-state index < -0.39 is 0 Å². The van der Waals surface area contributed by atoms with E-state index in [0.29, 0.717) is 0 Å². The van der Waals surface area contributed by atoms with Crippen molar-refractivity contribution in [3.05, 3.63) is 212 Å². The molecule has 12 aromatic rings. The van der Waals surface area contributed by atoms with Crippen molar-refractivity contribution in [2.45, 2.75) is 26.2 Å². The number of ether oxygens (including phenoxy) is 1. The smallest absolute Gasteiger partial charge is 0.255 e. The Morgan fingerprint density at radius 1 is 0.516 bits per heavy atom. The van der Waals surface area contributed by atoms with Gasteiger partial charge in [0.2, 0.25) is 0 Å². The molecule has 4 aromatic heterocycles.